The zero-order chi connectivity index (χ0) is 11.8. The molecular weight excluding hydrogens is 216 g/mol. The molecule has 0 spiro atoms. The van der Waals surface area contributed by atoms with Gasteiger partial charge in [-0.25, -0.2) is 9.97 Å². The Morgan fingerprint density at radius 1 is 1.47 bits per heavy atom. The van der Waals surface area contributed by atoms with Crippen molar-refractivity contribution in [3.05, 3.63) is 35.6 Å². The van der Waals surface area contributed by atoms with Gasteiger partial charge in [-0.3, -0.25) is 0 Å². The van der Waals surface area contributed by atoms with E-state index < -0.39 is 0 Å². The highest BCUT2D eigenvalue weighted by molar-refractivity contribution is 5.13. The topological polar surface area (TPSA) is 55.9 Å². The highest BCUT2D eigenvalue weighted by Gasteiger charge is 2.22. The molecular formula is C12H16N4O. The number of aryl methyl sites for hydroxylation is 2. The van der Waals surface area contributed by atoms with E-state index >= 15 is 0 Å². The summed E-state index contributed by atoms with van der Waals surface area (Å²) in [7, 11) is 0. The fourth-order valence-electron chi connectivity index (χ4n) is 2.05. The van der Waals surface area contributed by atoms with Crippen LogP contribution in [0.3, 0.4) is 0 Å². The number of imidazole rings is 1. The Hall–Kier alpha value is -1.62. The van der Waals surface area contributed by atoms with Gasteiger partial charge in [0.2, 0.25) is 5.89 Å². The van der Waals surface area contributed by atoms with Crippen molar-refractivity contribution in [2.75, 3.05) is 13.1 Å². The van der Waals surface area contributed by atoms with Gasteiger partial charge in [0, 0.05) is 30.9 Å². The molecule has 0 bridgehead atoms. The predicted octanol–water partition coefficient (Wildman–Crippen LogP) is 1.22. The van der Waals surface area contributed by atoms with E-state index in [-0.39, 0.29) is 0 Å². The minimum Gasteiger partial charge on any atom is -0.444 e. The second-order valence-corrected chi connectivity index (χ2v) is 4.55. The average Bonchev–Trinajstić information content (AvgIpc) is 2.74. The van der Waals surface area contributed by atoms with Crippen LogP contribution in [0, 0.1) is 13.8 Å². The van der Waals surface area contributed by atoms with E-state index in [9.17, 15) is 0 Å². The first-order chi connectivity index (χ1) is 8.24. The molecule has 1 aliphatic rings. The average molecular weight is 232 g/mol. The summed E-state index contributed by atoms with van der Waals surface area (Å²) in [6.07, 6.45) is 3.79. The minimum absolute atomic E-state index is 0.578. The molecule has 0 radical (unpaired) electrons. The Morgan fingerprint density at radius 2 is 2.29 bits per heavy atom. The highest BCUT2D eigenvalue weighted by atomic mass is 16.4. The van der Waals surface area contributed by atoms with Gasteiger partial charge in [0.1, 0.15) is 12.3 Å². The summed E-state index contributed by atoms with van der Waals surface area (Å²) in [6, 6.07) is 0. The van der Waals surface area contributed by atoms with Crippen LogP contribution in [0.2, 0.25) is 0 Å². The number of nitrogens with one attached hydrogen (secondary N) is 1. The predicted molar refractivity (Wildman–Crippen MR) is 62.9 cm³/mol. The summed E-state index contributed by atoms with van der Waals surface area (Å²) in [5.41, 5.74) is 2.23. The van der Waals surface area contributed by atoms with Gasteiger partial charge in [-0.15, -0.1) is 0 Å². The molecule has 0 aliphatic carbocycles. The quantitative estimate of drug-likeness (QED) is 0.864. The van der Waals surface area contributed by atoms with Crippen LogP contribution in [-0.4, -0.2) is 27.6 Å². The third-order valence-corrected chi connectivity index (χ3v) is 3.32. The molecule has 0 aromatic carbocycles. The van der Waals surface area contributed by atoms with E-state index in [1.54, 1.807) is 0 Å². The molecule has 0 saturated carbocycles. The van der Waals surface area contributed by atoms with Gasteiger partial charge in [0.05, 0.1) is 12.0 Å². The standard InChI is InChI=1S/C12H16N4O/c1-8-9(2)17-12(15-8)6-16-7-14-5-11(16)10-3-13-4-10/h5,7,10,13H,3-4,6H2,1-2H3. The van der Waals surface area contributed by atoms with Crippen LogP contribution in [0.5, 0.6) is 0 Å². The van der Waals surface area contributed by atoms with Crippen LogP contribution in [0.15, 0.2) is 16.9 Å². The van der Waals surface area contributed by atoms with Crippen molar-refractivity contribution in [3.63, 3.8) is 0 Å². The Balaban J connectivity index is 1.82. The van der Waals surface area contributed by atoms with Crippen molar-refractivity contribution in [2.24, 2.45) is 0 Å². The molecule has 0 amide bonds. The summed E-state index contributed by atoms with van der Waals surface area (Å²) >= 11 is 0. The normalized spacial score (nSPS) is 16.1. The lowest BCUT2D eigenvalue weighted by molar-refractivity contribution is 0.411. The number of nitrogens with zero attached hydrogens (tertiary/aromatic N) is 3. The van der Waals surface area contributed by atoms with E-state index in [1.807, 2.05) is 26.4 Å². The summed E-state index contributed by atoms with van der Waals surface area (Å²) in [4.78, 5) is 8.61. The molecule has 5 nitrogen and oxygen atoms in total. The molecule has 17 heavy (non-hydrogen) atoms. The van der Waals surface area contributed by atoms with E-state index in [0.29, 0.717) is 12.5 Å². The molecule has 2 aromatic heterocycles. The molecule has 1 fully saturated rings. The van der Waals surface area contributed by atoms with Crippen molar-refractivity contribution in [1.29, 1.82) is 0 Å². The summed E-state index contributed by atoms with van der Waals surface area (Å²) in [5.74, 6) is 2.23. The van der Waals surface area contributed by atoms with Crippen molar-refractivity contribution in [2.45, 2.75) is 26.3 Å². The molecule has 1 saturated heterocycles. The monoisotopic (exact) mass is 232 g/mol. The lowest BCUT2D eigenvalue weighted by atomic mass is 10.00. The molecule has 2 aromatic rings. The maximum atomic E-state index is 5.60. The minimum atomic E-state index is 0.578. The van der Waals surface area contributed by atoms with Crippen molar-refractivity contribution in [1.82, 2.24) is 19.9 Å². The molecule has 1 aliphatic heterocycles. The van der Waals surface area contributed by atoms with Crippen molar-refractivity contribution in [3.8, 4) is 0 Å². The number of oxazole rings is 1. The molecule has 5 heteroatoms. The number of aromatic nitrogens is 3. The third-order valence-electron chi connectivity index (χ3n) is 3.32. The first kappa shape index (κ1) is 10.5. The van der Waals surface area contributed by atoms with Crippen LogP contribution in [0.4, 0.5) is 0 Å². The number of rotatable bonds is 3. The third kappa shape index (κ3) is 1.86. The number of hydrogen-bond acceptors (Lipinski definition) is 4. The zero-order valence-corrected chi connectivity index (χ0v) is 10.1. The van der Waals surface area contributed by atoms with Crippen molar-refractivity contribution >= 4 is 0 Å². The van der Waals surface area contributed by atoms with E-state index in [2.05, 4.69) is 19.9 Å². The Bertz CT molecular complexity index is 505. The van der Waals surface area contributed by atoms with Gasteiger partial charge in [-0.05, 0) is 13.8 Å². The molecule has 3 rings (SSSR count). The second-order valence-electron chi connectivity index (χ2n) is 4.55. The van der Waals surface area contributed by atoms with Crippen molar-refractivity contribution < 1.29 is 4.42 Å². The smallest absolute Gasteiger partial charge is 0.214 e. The largest absolute Gasteiger partial charge is 0.444 e. The molecule has 1 N–H and O–H groups in total. The fourth-order valence-corrected chi connectivity index (χ4v) is 2.05. The Morgan fingerprint density at radius 3 is 2.88 bits per heavy atom. The summed E-state index contributed by atoms with van der Waals surface area (Å²) in [6.45, 7) is 6.65. The molecule has 3 heterocycles. The van der Waals surface area contributed by atoms with Gasteiger partial charge in [0.25, 0.3) is 0 Å². The van der Waals surface area contributed by atoms with Crippen LogP contribution in [0.1, 0.15) is 29.0 Å². The summed E-state index contributed by atoms with van der Waals surface area (Å²) < 4.78 is 7.72. The van der Waals surface area contributed by atoms with Crippen LogP contribution in [0.25, 0.3) is 0 Å². The van der Waals surface area contributed by atoms with Gasteiger partial charge in [0.15, 0.2) is 0 Å². The van der Waals surface area contributed by atoms with Gasteiger partial charge in [-0.1, -0.05) is 0 Å². The van der Waals surface area contributed by atoms with E-state index in [4.69, 9.17) is 4.42 Å². The SMILES string of the molecule is Cc1nc(Cn2cncc2C2CNC2)oc1C. The Labute approximate surface area is 99.9 Å². The lowest BCUT2D eigenvalue weighted by Gasteiger charge is -2.27. The van der Waals surface area contributed by atoms with Crippen LogP contribution < -0.4 is 5.32 Å². The van der Waals surface area contributed by atoms with E-state index in [0.717, 1.165) is 30.4 Å². The zero-order valence-electron chi connectivity index (χ0n) is 10.1. The first-order valence-electron chi connectivity index (χ1n) is 5.87. The molecule has 0 unspecified atom stereocenters. The van der Waals surface area contributed by atoms with Gasteiger partial charge in [-0.2, -0.15) is 0 Å². The fraction of sp³-hybridized carbons (Fsp3) is 0.500. The number of hydrogen-bond donors (Lipinski definition) is 1. The molecule has 0 atom stereocenters. The maximum absolute atomic E-state index is 5.60. The Kier molecular flexibility index (Phi) is 2.48. The first-order valence-corrected chi connectivity index (χ1v) is 5.87. The van der Waals surface area contributed by atoms with Crippen LogP contribution in [-0.2, 0) is 6.54 Å². The van der Waals surface area contributed by atoms with Crippen LogP contribution >= 0.6 is 0 Å². The highest BCUT2D eigenvalue weighted by Crippen LogP contribution is 2.20. The lowest BCUT2D eigenvalue weighted by Crippen LogP contribution is -2.40. The maximum Gasteiger partial charge on any atom is 0.214 e. The second kappa shape index (κ2) is 4.00. The van der Waals surface area contributed by atoms with Gasteiger partial charge >= 0.3 is 0 Å². The van der Waals surface area contributed by atoms with Gasteiger partial charge < -0.3 is 14.3 Å². The van der Waals surface area contributed by atoms with E-state index in [1.165, 1.54) is 5.69 Å². The summed E-state index contributed by atoms with van der Waals surface area (Å²) in [5, 5.41) is 3.27. The molecule has 90 valence electrons.